The van der Waals surface area contributed by atoms with E-state index in [2.05, 4.69) is 52.4 Å². The third-order valence-corrected chi connectivity index (χ3v) is 7.14. The van der Waals surface area contributed by atoms with Crippen molar-refractivity contribution in [3.8, 4) is 0 Å². The normalized spacial score (nSPS) is 39.2. The SMILES string of the molecule is CC(NC1CC(c2ccccc2Br)C1)C1CC2CCC1C2. The van der Waals surface area contributed by atoms with Gasteiger partial charge in [0.1, 0.15) is 0 Å². The summed E-state index contributed by atoms with van der Waals surface area (Å²) in [6.45, 7) is 2.44. The molecule has 21 heavy (non-hydrogen) atoms. The van der Waals surface area contributed by atoms with E-state index < -0.39 is 0 Å². The van der Waals surface area contributed by atoms with E-state index in [1.54, 1.807) is 0 Å². The molecule has 3 saturated carbocycles. The Bertz CT molecular complexity index is 508. The van der Waals surface area contributed by atoms with Gasteiger partial charge in [0.15, 0.2) is 0 Å². The summed E-state index contributed by atoms with van der Waals surface area (Å²) in [5.74, 6) is 3.83. The molecule has 114 valence electrons. The Balaban J connectivity index is 1.29. The Labute approximate surface area is 137 Å². The van der Waals surface area contributed by atoms with E-state index in [0.717, 1.165) is 35.8 Å². The average Bonchev–Trinajstić information content (AvgIpc) is 3.06. The molecule has 0 saturated heterocycles. The number of fused-ring (bicyclic) bond motifs is 2. The molecule has 4 rings (SSSR count). The minimum Gasteiger partial charge on any atom is -0.311 e. The largest absolute Gasteiger partial charge is 0.311 e. The zero-order valence-corrected chi connectivity index (χ0v) is 14.5. The smallest absolute Gasteiger partial charge is 0.0210 e. The Hall–Kier alpha value is -0.340. The van der Waals surface area contributed by atoms with E-state index in [4.69, 9.17) is 0 Å². The van der Waals surface area contributed by atoms with Crippen LogP contribution in [0.3, 0.4) is 0 Å². The summed E-state index contributed by atoms with van der Waals surface area (Å²) in [4.78, 5) is 0. The maximum Gasteiger partial charge on any atom is 0.0210 e. The van der Waals surface area contributed by atoms with Crippen molar-refractivity contribution in [3.63, 3.8) is 0 Å². The Morgan fingerprint density at radius 2 is 1.90 bits per heavy atom. The van der Waals surface area contributed by atoms with Gasteiger partial charge in [-0.15, -0.1) is 0 Å². The number of hydrogen-bond acceptors (Lipinski definition) is 1. The number of benzene rings is 1. The van der Waals surface area contributed by atoms with Gasteiger partial charge in [-0.1, -0.05) is 40.5 Å². The van der Waals surface area contributed by atoms with E-state index >= 15 is 0 Å². The summed E-state index contributed by atoms with van der Waals surface area (Å²) < 4.78 is 1.29. The summed E-state index contributed by atoms with van der Waals surface area (Å²) >= 11 is 3.70. The van der Waals surface area contributed by atoms with Gasteiger partial charge in [0, 0.05) is 16.6 Å². The molecule has 0 amide bonds. The van der Waals surface area contributed by atoms with Gasteiger partial charge < -0.3 is 5.32 Å². The van der Waals surface area contributed by atoms with Gasteiger partial charge >= 0.3 is 0 Å². The van der Waals surface area contributed by atoms with Crippen LogP contribution in [0.5, 0.6) is 0 Å². The van der Waals surface area contributed by atoms with E-state index in [0.29, 0.717) is 0 Å². The predicted octanol–water partition coefficient (Wildman–Crippen LogP) is 5.11. The lowest BCUT2D eigenvalue weighted by Gasteiger charge is -2.41. The standard InChI is InChI=1S/C19H26BrN/c1-12(18-9-13-6-7-14(18)8-13)21-16-10-15(11-16)17-4-2-3-5-19(17)20/h2-5,12-16,18,21H,6-11H2,1H3. The van der Waals surface area contributed by atoms with Crippen molar-refractivity contribution >= 4 is 15.9 Å². The van der Waals surface area contributed by atoms with E-state index in [-0.39, 0.29) is 0 Å². The Morgan fingerprint density at radius 1 is 1.10 bits per heavy atom. The molecule has 0 aromatic heterocycles. The van der Waals surface area contributed by atoms with Crippen LogP contribution < -0.4 is 5.32 Å². The fourth-order valence-corrected chi connectivity index (χ4v) is 5.82. The van der Waals surface area contributed by atoms with Crippen molar-refractivity contribution < 1.29 is 0 Å². The zero-order valence-electron chi connectivity index (χ0n) is 12.9. The molecule has 4 unspecified atom stereocenters. The highest BCUT2D eigenvalue weighted by molar-refractivity contribution is 9.10. The van der Waals surface area contributed by atoms with Crippen molar-refractivity contribution in [2.45, 2.75) is 63.5 Å². The van der Waals surface area contributed by atoms with Crippen LogP contribution in [0.15, 0.2) is 28.7 Å². The van der Waals surface area contributed by atoms with Crippen LogP contribution in [-0.2, 0) is 0 Å². The summed E-state index contributed by atoms with van der Waals surface area (Å²) in [5, 5.41) is 3.95. The lowest BCUT2D eigenvalue weighted by Crippen LogP contribution is -2.48. The number of rotatable bonds is 4. The minimum atomic E-state index is 0.727. The molecule has 1 nitrogen and oxygen atoms in total. The molecule has 4 atom stereocenters. The van der Waals surface area contributed by atoms with Gasteiger partial charge in [-0.25, -0.2) is 0 Å². The van der Waals surface area contributed by atoms with Crippen LogP contribution in [0.4, 0.5) is 0 Å². The van der Waals surface area contributed by atoms with Crippen molar-refractivity contribution in [2.24, 2.45) is 17.8 Å². The fraction of sp³-hybridized carbons (Fsp3) is 0.684. The van der Waals surface area contributed by atoms with Crippen molar-refractivity contribution in [1.82, 2.24) is 5.32 Å². The molecular weight excluding hydrogens is 322 g/mol. The third-order valence-electron chi connectivity index (χ3n) is 6.42. The van der Waals surface area contributed by atoms with Crippen molar-refractivity contribution in [2.75, 3.05) is 0 Å². The van der Waals surface area contributed by atoms with Crippen LogP contribution in [0.2, 0.25) is 0 Å². The average molecular weight is 348 g/mol. The molecular formula is C19H26BrN. The van der Waals surface area contributed by atoms with Gasteiger partial charge in [0.05, 0.1) is 0 Å². The summed E-state index contributed by atoms with van der Waals surface area (Å²) in [5.41, 5.74) is 1.50. The molecule has 0 spiro atoms. The molecule has 2 bridgehead atoms. The molecule has 3 aliphatic rings. The second-order valence-electron chi connectivity index (χ2n) is 7.68. The second-order valence-corrected chi connectivity index (χ2v) is 8.54. The number of nitrogens with one attached hydrogen (secondary N) is 1. The third kappa shape index (κ3) is 2.70. The first kappa shape index (κ1) is 14.3. The first-order valence-electron chi connectivity index (χ1n) is 8.71. The van der Waals surface area contributed by atoms with E-state index in [9.17, 15) is 0 Å². The molecule has 0 radical (unpaired) electrons. The summed E-state index contributed by atoms with van der Waals surface area (Å²) in [6, 6.07) is 10.2. The van der Waals surface area contributed by atoms with Crippen LogP contribution in [0.1, 0.15) is 56.9 Å². The van der Waals surface area contributed by atoms with Crippen molar-refractivity contribution in [1.29, 1.82) is 0 Å². The van der Waals surface area contributed by atoms with Crippen LogP contribution in [-0.4, -0.2) is 12.1 Å². The quantitative estimate of drug-likeness (QED) is 0.797. The predicted molar refractivity (Wildman–Crippen MR) is 91.4 cm³/mol. The van der Waals surface area contributed by atoms with Crippen LogP contribution in [0, 0.1) is 17.8 Å². The minimum absolute atomic E-state index is 0.727. The Morgan fingerprint density at radius 3 is 2.57 bits per heavy atom. The topological polar surface area (TPSA) is 12.0 Å². The monoisotopic (exact) mass is 347 g/mol. The summed E-state index contributed by atoms with van der Waals surface area (Å²) in [6.07, 6.45) is 8.68. The first-order chi connectivity index (χ1) is 10.2. The van der Waals surface area contributed by atoms with Crippen molar-refractivity contribution in [3.05, 3.63) is 34.3 Å². The molecule has 1 aromatic carbocycles. The highest BCUT2D eigenvalue weighted by Crippen LogP contribution is 2.50. The molecule has 0 heterocycles. The van der Waals surface area contributed by atoms with E-state index in [1.807, 2.05) is 0 Å². The maximum atomic E-state index is 3.95. The van der Waals surface area contributed by atoms with Gasteiger partial charge in [0.2, 0.25) is 0 Å². The van der Waals surface area contributed by atoms with Gasteiger partial charge in [-0.3, -0.25) is 0 Å². The molecule has 2 heteroatoms. The lowest BCUT2D eigenvalue weighted by atomic mass is 9.74. The number of hydrogen-bond donors (Lipinski definition) is 1. The molecule has 1 aromatic rings. The maximum absolute atomic E-state index is 3.95. The Kier molecular flexibility index (Phi) is 3.87. The van der Waals surface area contributed by atoms with Crippen LogP contribution >= 0.6 is 15.9 Å². The highest BCUT2D eigenvalue weighted by Gasteiger charge is 2.43. The molecule has 3 fully saturated rings. The first-order valence-corrected chi connectivity index (χ1v) is 9.50. The van der Waals surface area contributed by atoms with Gasteiger partial charge in [-0.2, -0.15) is 0 Å². The zero-order chi connectivity index (χ0) is 14.4. The number of halogens is 1. The van der Waals surface area contributed by atoms with Crippen LogP contribution in [0.25, 0.3) is 0 Å². The fourth-order valence-electron chi connectivity index (χ4n) is 5.22. The second kappa shape index (κ2) is 5.70. The molecule has 0 aliphatic heterocycles. The highest BCUT2D eigenvalue weighted by atomic mass is 79.9. The molecule has 1 N–H and O–H groups in total. The van der Waals surface area contributed by atoms with Gasteiger partial charge in [0.25, 0.3) is 0 Å². The van der Waals surface area contributed by atoms with Gasteiger partial charge in [-0.05, 0) is 74.3 Å². The summed E-state index contributed by atoms with van der Waals surface area (Å²) in [7, 11) is 0. The molecule has 3 aliphatic carbocycles. The lowest BCUT2D eigenvalue weighted by molar-refractivity contribution is 0.200. The van der Waals surface area contributed by atoms with E-state index in [1.165, 1.54) is 48.6 Å².